The van der Waals surface area contributed by atoms with Crippen molar-refractivity contribution >= 4 is 23.4 Å². The highest BCUT2D eigenvalue weighted by Gasteiger charge is 2.51. The van der Waals surface area contributed by atoms with Gasteiger partial charge in [0.05, 0.1) is 17.5 Å². The van der Waals surface area contributed by atoms with Gasteiger partial charge in [0.15, 0.2) is 0 Å². The van der Waals surface area contributed by atoms with Gasteiger partial charge in [-0.1, -0.05) is 38.1 Å². The number of nitrogens with one attached hydrogen (secondary N) is 1. The van der Waals surface area contributed by atoms with Crippen LogP contribution in [0, 0.1) is 17.8 Å². The van der Waals surface area contributed by atoms with Crippen molar-refractivity contribution in [3.63, 3.8) is 0 Å². The van der Waals surface area contributed by atoms with Crippen LogP contribution < -0.4 is 5.32 Å². The first-order chi connectivity index (χ1) is 16.4. The van der Waals surface area contributed by atoms with Gasteiger partial charge in [-0.25, -0.2) is 4.98 Å². The lowest BCUT2D eigenvalue weighted by Crippen LogP contribution is -2.48. The Morgan fingerprint density at radius 3 is 2.35 bits per heavy atom. The normalized spacial score (nSPS) is 22.6. The summed E-state index contributed by atoms with van der Waals surface area (Å²) in [5.74, 6) is -0.108. The topological polar surface area (TPSA) is 84.3 Å². The van der Waals surface area contributed by atoms with E-state index in [-0.39, 0.29) is 35.5 Å². The Kier molecular flexibility index (Phi) is 6.11. The van der Waals surface area contributed by atoms with E-state index in [9.17, 15) is 14.4 Å². The number of hydrogen-bond donors (Lipinski definition) is 1. The second kappa shape index (κ2) is 9.20. The molecule has 3 atom stereocenters. The number of nitrogens with zero attached hydrogens (tertiary/aromatic N) is 3. The van der Waals surface area contributed by atoms with Crippen molar-refractivity contribution in [1.29, 1.82) is 0 Å². The molecule has 5 rings (SSSR count). The lowest BCUT2D eigenvalue weighted by molar-refractivity contribution is -0.147. The van der Waals surface area contributed by atoms with Crippen molar-refractivity contribution < 1.29 is 14.4 Å². The zero-order valence-electron chi connectivity index (χ0n) is 19.9. The maximum atomic E-state index is 13.3. The summed E-state index contributed by atoms with van der Waals surface area (Å²) in [5, 5.41) is 2.95. The fourth-order valence-corrected chi connectivity index (χ4v) is 5.41. The number of allylic oxidation sites excluding steroid dienone is 2. The number of fused-ring (bicyclic) bond motifs is 2. The number of amides is 3. The van der Waals surface area contributed by atoms with Gasteiger partial charge in [-0.2, -0.15) is 0 Å². The van der Waals surface area contributed by atoms with E-state index >= 15 is 0 Å². The number of benzene rings is 1. The third-order valence-electron chi connectivity index (χ3n) is 7.21. The molecular formula is C27H32N4O3. The number of imide groups is 1. The maximum absolute atomic E-state index is 13.3. The molecule has 3 aliphatic rings. The van der Waals surface area contributed by atoms with Gasteiger partial charge in [0, 0.05) is 30.4 Å². The Labute approximate surface area is 200 Å². The number of anilines is 1. The summed E-state index contributed by atoms with van der Waals surface area (Å²) < 4.78 is 2.22. The van der Waals surface area contributed by atoms with Crippen LogP contribution in [0.1, 0.15) is 51.8 Å². The minimum absolute atomic E-state index is 0.159. The molecular weight excluding hydrogens is 428 g/mol. The van der Waals surface area contributed by atoms with E-state index in [0.717, 1.165) is 30.0 Å². The number of aryl methyl sites for hydroxylation is 2. The molecule has 0 spiro atoms. The van der Waals surface area contributed by atoms with E-state index in [1.807, 2.05) is 50.3 Å². The van der Waals surface area contributed by atoms with Crippen LogP contribution in [0.2, 0.25) is 0 Å². The predicted molar refractivity (Wildman–Crippen MR) is 130 cm³/mol. The quantitative estimate of drug-likeness (QED) is 0.517. The van der Waals surface area contributed by atoms with Crippen LogP contribution in [0.15, 0.2) is 42.6 Å². The Bertz CT molecular complexity index is 1080. The van der Waals surface area contributed by atoms with Gasteiger partial charge in [0.2, 0.25) is 17.7 Å². The summed E-state index contributed by atoms with van der Waals surface area (Å²) in [6.45, 7) is 5.01. The molecule has 3 unspecified atom stereocenters. The Morgan fingerprint density at radius 2 is 1.74 bits per heavy atom. The highest BCUT2D eigenvalue weighted by atomic mass is 16.2. The van der Waals surface area contributed by atoms with Crippen LogP contribution in [0.5, 0.6) is 0 Å². The van der Waals surface area contributed by atoms with Crippen molar-refractivity contribution in [2.24, 2.45) is 17.8 Å². The van der Waals surface area contributed by atoms with Crippen LogP contribution >= 0.6 is 0 Å². The van der Waals surface area contributed by atoms with Crippen LogP contribution in [0.4, 0.5) is 5.69 Å². The molecule has 2 aliphatic heterocycles. The highest BCUT2D eigenvalue weighted by Crippen LogP contribution is 2.37. The third kappa shape index (κ3) is 4.19. The fourth-order valence-electron chi connectivity index (χ4n) is 5.41. The van der Waals surface area contributed by atoms with Crippen molar-refractivity contribution in [3.8, 4) is 11.3 Å². The predicted octanol–water partition coefficient (Wildman–Crippen LogP) is 4.19. The van der Waals surface area contributed by atoms with E-state index in [2.05, 4.69) is 16.1 Å². The van der Waals surface area contributed by atoms with Crippen molar-refractivity contribution in [2.75, 3.05) is 5.32 Å². The number of carbonyl (C=O) groups excluding carboxylic acids is 3. The SMILES string of the molecule is CC(C)CC(C(=O)Nc1ccc(-c2cn3c(n2)CCCC3)cc1)N1C(=O)C2CC=CCC2C1=O. The average Bonchev–Trinajstić information content (AvgIpc) is 3.37. The largest absolute Gasteiger partial charge is 0.334 e. The smallest absolute Gasteiger partial charge is 0.247 e. The highest BCUT2D eigenvalue weighted by molar-refractivity contribution is 6.10. The number of hydrogen-bond acceptors (Lipinski definition) is 4. The third-order valence-corrected chi connectivity index (χ3v) is 7.21. The first-order valence-electron chi connectivity index (χ1n) is 12.4. The molecule has 0 bridgehead atoms. The van der Waals surface area contributed by atoms with Crippen LogP contribution in [-0.2, 0) is 27.3 Å². The lowest BCUT2D eigenvalue weighted by atomic mass is 9.85. The maximum Gasteiger partial charge on any atom is 0.247 e. The number of likely N-dealkylation sites (tertiary alicyclic amines) is 1. The first kappa shape index (κ1) is 22.6. The zero-order valence-corrected chi connectivity index (χ0v) is 19.9. The van der Waals surface area contributed by atoms with E-state index < -0.39 is 6.04 Å². The van der Waals surface area contributed by atoms with Gasteiger partial charge in [-0.15, -0.1) is 0 Å². The molecule has 0 saturated carbocycles. The lowest BCUT2D eigenvalue weighted by Gasteiger charge is -2.27. The molecule has 34 heavy (non-hydrogen) atoms. The summed E-state index contributed by atoms with van der Waals surface area (Å²) in [6, 6.07) is 6.82. The van der Waals surface area contributed by atoms with Gasteiger partial charge in [-0.05, 0) is 50.2 Å². The molecule has 7 heteroatoms. The van der Waals surface area contributed by atoms with Crippen LogP contribution in [0.25, 0.3) is 11.3 Å². The van der Waals surface area contributed by atoms with E-state index in [1.165, 1.54) is 17.7 Å². The van der Waals surface area contributed by atoms with Crippen molar-refractivity contribution in [2.45, 2.75) is 65.0 Å². The fraction of sp³-hybridized carbons (Fsp3) is 0.481. The average molecular weight is 461 g/mol. The number of imidazole rings is 1. The number of aromatic nitrogens is 2. The first-order valence-corrected chi connectivity index (χ1v) is 12.4. The van der Waals surface area contributed by atoms with Gasteiger partial charge in [-0.3, -0.25) is 19.3 Å². The van der Waals surface area contributed by atoms with E-state index in [4.69, 9.17) is 4.98 Å². The Hall–Kier alpha value is -3.22. The van der Waals surface area contributed by atoms with Gasteiger partial charge < -0.3 is 9.88 Å². The molecule has 0 radical (unpaired) electrons. The molecule has 1 aromatic carbocycles. The molecule has 178 valence electrons. The van der Waals surface area contributed by atoms with E-state index in [1.54, 1.807) is 0 Å². The van der Waals surface area contributed by atoms with Crippen molar-refractivity contribution in [1.82, 2.24) is 14.5 Å². The molecule has 1 N–H and O–H groups in total. The molecule has 7 nitrogen and oxygen atoms in total. The molecule has 1 fully saturated rings. The zero-order chi connectivity index (χ0) is 23.8. The Balaban J connectivity index is 1.32. The van der Waals surface area contributed by atoms with Gasteiger partial charge in [0.25, 0.3) is 0 Å². The standard InChI is InChI=1S/C27H32N4O3/c1-17(2)15-23(31-26(33)20-7-3-4-8-21(20)27(31)34)25(32)28-19-12-10-18(11-13-19)22-16-30-14-6-5-9-24(30)29-22/h3-4,10-13,16-17,20-21,23H,5-9,14-15H2,1-2H3,(H,28,32). The number of carbonyl (C=O) groups is 3. The summed E-state index contributed by atoms with van der Waals surface area (Å²) in [5.41, 5.74) is 2.58. The molecule has 2 aromatic rings. The van der Waals surface area contributed by atoms with Crippen LogP contribution in [-0.4, -0.2) is 38.2 Å². The number of rotatable bonds is 6. The van der Waals surface area contributed by atoms with Crippen molar-refractivity contribution in [3.05, 3.63) is 48.4 Å². The summed E-state index contributed by atoms with van der Waals surface area (Å²) in [4.78, 5) is 45.5. The summed E-state index contributed by atoms with van der Waals surface area (Å²) in [6.07, 6.45) is 11.0. The van der Waals surface area contributed by atoms with Crippen LogP contribution in [0.3, 0.4) is 0 Å². The summed E-state index contributed by atoms with van der Waals surface area (Å²) >= 11 is 0. The molecule has 1 aromatic heterocycles. The van der Waals surface area contributed by atoms with Gasteiger partial charge >= 0.3 is 0 Å². The minimum Gasteiger partial charge on any atom is -0.334 e. The molecule has 1 saturated heterocycles. The monoisotopic (exact) mass is 460 g/mol. The summed E-state index contributed by atoms with van der Waals surface area (Å²) in [7, 11) is 0. The molecule has 3 amide bonds. The second-order valence-electron chi connectivity index (χ2n) is 10.1. The molecule has 3 heterocycles. The minimum atomic E-state index is -0.801. The molecule has 1 aliphatic carbocycles. The van der Waals surface area contributed by atoms with Gasteiger partial charge in [0.1, 0.15) is 11.9 Å². The Morgan fingerprint density at radius 1 is 1.06 bits per heavy atom. The van der Waals surface area contributed by atoms with E-state index in [0.29, 0.717) is 24.9 Å². The second-order valence-corrected chi connectivity index (χ2v) is 10.1.